The molecule has 0 bridgehead atoms. The van der Waals surface area contributed by atoms with Gasteiger partial charge in [0.25, 0.3) is 0 Å². The number of rotatable bonds is 3. The summed E-state index contributed by atoms with van der Waals surface area (Å²) in [5.74, 6) is 0. The Balaban J connectivity index is 1.62. The van der Waals surface area contributed by atoms with E-state index in [1.807, 2.05) is 19.1 Å². The third-order valence-corrected chi connectivity index (χ3v) is 3.92. The summed E-state index contributed by atoms with van der Waals surface area (Å²) in [6.07, 6.45) is 4.07. The first-order valence-electron chi connectivity index (χ1n) is 6.61. The molecule has 0 aromatic carbocycles. The molecule has 0 spiro atoms. The lowest BCUT2D eigenvalue weighted by Crippen LogP contribution is -2.39. The van der Waals surface area contributed by atoms with E-state index in [1.54, 1.807) is 12.4 Å². The number of aromatic nitrogens is 3. The van der Waals surface area contributed by atoms with Crippen molar-refractivity contribution in [3.05, 3.63) is 35.1 Å². The molecule has 1 aliphatic heterocycles. The monoisotopic (exact) mass is 305 g/mol. The van der Waals surface area contributed by atoms with Crippen molar-refractivity contribution in [1.29, 1.82) is 0 Å². The van der Waals surface area contributed by atoms with Gasteiger partial charge in [0, 0.05) is 24.6 Å². The summed E-state index contributed by atoms with van der Waals surface area (Å²) in [5, 5.41) is 14.6. The number of ether oxygens (including phenoxy) is 1. The molecule has 8 heteroatoms. The number of amides is 2. The van der Waals surface area contributed by atoms with E-state index in [0.29, 0.717) is 11.7 Å². The maximum Gasteiger partial charge on any atom is 0.321 e. The molecule has 1 saturated heterocycles. The van der Waals surface area contributed by atoms with Crippen molar-refractivity contribution in [2.24, 2.45) is 0 Å². The van der Waals surface area contributed by atoms with E-state index in [0.717, 1.165) is 17.0 Å². The van der Waals surface area contributed by atoms with Gasteiger partial charge >= 0.3 is 6.03 Å². The van der Waals surface area contributed by atoms with Gasteiger partial charge in [0.2, 0.25) is 5.13 Å². The summed E-state index contributed by atoms with van der Waals surface area (Å²) >= 11 is 1.34. The molecule has 0 aliphatic carbocycles. The second-order valence-corrected chi connectivity index (χ2v) is 5.88. The van der Waals surface area contributed by atoms with E-state index in [9.17, 15) is 4.79 Å². The van der Waals surface area contributed by atoms with Crippen LogP contribution in [0.25, 0.3) is 0 Å². The minimum atomic E-state index is -0.296. The van der Waals surface area contributed by atoms with Crippen molar-refractivity contribution in [2.75, 3.05) is 11.9 Å². The van der Waals surface area contributed by atoms with Gasteiger partial charge in [0.05, 0.1) is 6.04 Å². The molecule has 0 saturated carbocycles. The molecule has 2 aromatic heterocycles. The van der Waals surface area contributed by atoms with E-state index >= 15 is 0 Å². The Labute approximate surface area is 125 Å². The predicted molar refractivity (Wildman–Crippen MR) is 78.1 cm³/mol. The third-order valence-electron chi connectivity index (χ3n) is 3.17. The number of aryl methyl sites for hydroxylation is 1. The van der Waals surface area contributed by atoms with Crippen LogP contribution in [0.15, 0.2) is 24.5 Å². The van der Waals surface area contributed by atoms with E-state index < -0.39 is 0 Å². The summed E-state index contributed by atoms with van der Waals surface area (Å²) in [4.78, 5) is 16.1. The lowest BCUT2D eigenvalue weighted by molar-refractivity contribution is 0.100. The maximum absolute atomic E-state index is 12.0. The van der Waals surface area contributed by atoms with Gasteiger partial charge in [0.15, 0.2) is 0 Å². The van der Waals surface area contributed by atoms with Crippen molar-refractivity contribution >= 4 is 22.5 Å². The van der Waals surface area contributed by atoms with Gasteiger partial charge in [-0.05, 0) is 19.4 Å². The topological polar surface area (TPSA) is 89.0 Å². The van der Waals surface area contributed by atoms with Gasteiger partial charge in [-0.25, -0.2) is 4.79 Å². The lowest BCUT2D eigenvalue weighted by Gasteiger charge is -2.19. The standard InChI is InChI=1S/C13H15N5O2S/c1-8-17-18-13(21-8)16-12(19)15-10-4-6-20-11(10)9-3-2-5-14-7-9/h2-3,5,7,10-11H,4,6H2,1H3,(H2,15,16,18,19)/t10-,11+/m0/s1. The number of pyridine rings is 1. The van der Waals surface area contributed by atoms with Crippen LogP contribution in [0.5, 0.6) is 0 Å². The molecule has 2 aromatic rings. The molecular formula is C13H15N5O2S. The quantitative estimate of drug-likeness (QED) is 0.904. The van der Waals surface area contributed by atoms with Crippen molar-refractivity contribution in [3.8, 4) is 0 Å². The molecule has 1 aliphatic rings. The van der Waals surface area contributed by atoms with Crippen molar-refractivity contribution in [3.63, 3.8) is 0 Å². The minimum Gasteiger partial charge on any atom is -0.371 e. The molecule has 110 valence electrons. The average molecular weight is 305 g/mol. The molecule has 3 rings (SSSR count). The largest absolute Gasteiger partial charge is 0.371 e. The third kappa shape index (κ3) is 3.34. The first-order chi connectivity index (χ1) is 10.2. The van der Waals surface area contributed by atoms with Crippen LogP contribution in [0.1, 0.15) is 23.1 Å². The highest BCUT2D eigenvalue weighted by molar-refractivity contribution is 7.15. The number of nitrogens with one attached hydrogen (secondary N) is 2. The van der Waals surface area contributed by atoms with Gasteiger partial charge in [-0.1, -0.05) is 17.4 Å². The average Bonchev–Trinajstić information content (AvgIpc) is 3.09. The highest BCUT2D eigenvalue weighted by atomic mass is 32.1. The highest BCUT2D eigenvalue weighted by Crippen LogP contribution is 2.28. The molecule has 3 heterocycles. The fourth-order valence-corrected chi connectivity index (χ4v) is 2.85. The van der Waals surface area contributed by atoms with E-state index in [2.05, 4.69) is 25.8 Å². The zero-order valence-electron chi connectivity index (χ0n) is 11.4. The van der Waals surface area contributed by atoms with E-state index in [-0.39, 0.29) is 18.2 Å². The van der Waals surface area contributed by atoms with Gasteiger partial charge in [0.1, 0.15) is 11.1 Å². The zero-order chi connectivity index (χ0) is 14.7. The highest BCUT2D eigenvalue weighted by Gasteiger charge is 2.31. The number of nitrogens with zero attached hydrogens (tertiary/aromatic N) is 3. The first-order valence-corrected chi connectivity index (χ1v) is 7.43. The molecule has 2 N–H and O–H groups in total. The van der Waals surface area contributed by atoms with Crippen molar-refractivity contribution in [1.82, 2.24) is 20.5 Å². The summed E-state index contributed by atoms with van der Waals surface area (Å²) in [7, 11) is 0. The molecule has 2 amide bonds. The number of hydrogen-bond donors (Lipinski definition) is 2. The molecule has 0 radical (unpaired) electrons. The molecule has 2 atom stereocenters. The summed E-state index contributed by atoms with van der Waals surface area (Å²) < 4.78 is 5.70. The summed E-state index contributed by atoms with van der Waals surface area (Å²) in [5.41, 5.74) is 0.965. The smallest absolute Gasteiger partial charge is 0.321 e. The Hall–Kier alpha value is -2.06. The normalized spacial score (nSPS) is 21.2. The molecule has 0 unspecified atom stereocenters. The van der Waals surface area contributed by atoms with Crippen LogP contribution < -0.4 is 10.6 Å². The van der Waals surface area contributed by atoms with Crippen LogP contribution in [0.2, 0.25) is 0 Å². The number of hydrogen-bond acceptors (Lipinski definition) is 6. The second-order valence-electron chi connectivity index (χ2n) is 4.70. The van der Waals surface area contributed by atoms with Crippen LogP contribution in [-0.2, 0) is 4.74 Å². The Morgan fingerprint density at radius 3 is 3.10 bits per heavy atom. The van der Waals surface area contributed by atoms with Crippen molar-refractivity contribution < 1.29 is 9.53 Å². The minimum absolute atomic E-state index is 0.0804. The second kappa shape index (κ2) is 6.15. The van der Waals surface area contributed by atoms with Crippen LogP contribution in [0.3, 0.4) is 0 Å². The van der Waals surface area contributed by atoms with Crippen LogP contribution in [-0.4, -0.2) is 33.9 Å². The number of carbonyl (C=O) groups is 1. The fraction of sp³-hybridized carbons (Fsp3) is 0.385. The van der Waals surface area contributed by atoms with Gasteiger partial charge in [-0.15, -0.1) is 10.2 Å². The van der Waals surface area contributed by atoms with E-state index in [1.165, 1.54) is 11.3 Å². The summed E-state index contributed by atoms with van der Waals surface area (Å²) in [6.45, 7) is 2.45. The Kier molecular flexibility index (Phi) is 4.07. The number of carbonyl (C=O) groups excluding carboxylic acids is 1. The molecule has 21 heavy (non-hydrogen) atoms. The maximum atomic E-state index is 12.0. The Morgan fingerprint density at radius 2 is 2.38 bits per heavy atom. The fourth-order valence-electron chi connectivity index (χ4n) is 2.26. The molecule has 1 fully saturated rings. The number of anilines is 1. The summed E-state index contributed by atoms with van der Waals surface area (Å²) in [6, 6.07) is 3.43. The van der Waals surface area contributed by atoms with Crippen molar-refractivity contribution in [2.45, 2.75) is 25.5 Å². The molecule has 7 nitrogen and oxygen atoms in total. The van der Waals surface area contributed by atoms with Gasteiger partial charge < -0.3 is 10.1 Å². The van der Waals surface area contributed by atoms with E-state index in [4.69, 9.17) is 4.74 Å². The molecular weight excluding hydrogens is 290 g/mol. The lowest BCUT2D eigenvalue weighted by atomic mass is 10.0. The van der Waals surface area contributed by atoms with Crippen LogP contribution >= 0.6 is 11.3 Å². The first kappa shape index (κ1) is 13.9. The van der Waals surface area contributed by atoms with Crippen LogP contribution in [0.4, 0.5) is 9.93 Å². The van der Waals surface area contributed by atoms with Gasteiger partial charge in [-0.2, -0.15) is 0 Å². The van der Waals surface area contributed by atoms with Crippen LogP contribution in [0, 0.1) is 6.92 Å². The van der Waals surface area contributed by atoms with Gasteiger partial charge in [-0.3, -0.25) is 10.3 Å². The predicted octanol–water partition coefficient (Wildman–Crippen LogP) is 1.89. The SMILES string of the molecule is Cc1nnc(NC(=O)N[C@H]2CCO[C@@H]2c2cccnc2)s1. The Morgan fingerprint density at radius 1 is 1.48 bits per heavy atom. The Bertz CT molecular complexity index is 618. The zero-order valence-corrected chi connectivity index (χ0v) is 12.3. The number of urea groups is 1.